The van der Waals surface area contributed by atoms with Crippen molar-refractivity contribution < 1.29 is 23.4 Å². The van der Waals surface area contributed by atoms with E-state index in [0.29, 0.717) is 16.3 Å². The molecule has 8 heteroatoms. The van der Waals surface area contributed by atoms with E-state index in [1.807, 2.05) is 18.2 Å². The van der Waals surface area contributed by atoms with Crippen LogP contribution >= 0.6 is 11.6 Å². The number of halogens is 3. The van der Waals surface area contributed by atoms with E-state index in [-0.39, 0.29) is 19.1 Å². The third-order valence-corrected chi connectivity index (χ3v) is 8.23. The molecule has 2 atom stereocenters. The van der Waals surface area contributed by atoms with Crippen LogP contribution in [0.15, 0.2) is 36.4 Å². The van der Waals surface area contributed by atoms with Crippen LogP contribution in [0.2, 0.25) is 5.02 Å². The summed E-state index contributed by atoms with van der Waals surface area (Å²) in [4.78, 5) is 14.9. The fraction of sp³-hybridized carbons (Fsp3) is 0.567. The van der Waals surface area contributed by atoms with Crippen LogP contribution in [0.5, 0.6) is 5.75 Å². The highest BCUT2D eigenvalue weighted by Gasteiger charge is 2.41. The van der Waals surface area contributed by atoms with Crippen LogP contribution < -0.4 is 10.1 Å². The maximum absolute atomic E-state index is 15.1. The van der Waals surface area contributed by atoms with Gasteiger partial charge in [0, 0.05) is 13.0 Å². The first-order valence-corrected chi connectivity index (χ1v) is 14.3. The van der Waals surface area contributed by atoms with Crippen LogP contribution in [-0.2, 0) is 24.1 Å². The van der Waals surface area contributed by atoms with Crippen molar-refractivity contribution in [3.8, 4) is 5.75 Å². The summed E-state index contributed by atoms with van der Waals surface area (Å²) in [7, 11) is 0. The van der Waals surface area contributed by atoms with Crippen molar-refractivity contribution in [1.82, 2.24) is 10.2 Å². The van der Waals surface area contributed by atoms with E-state index < -0.39 is 30.4 Å². The summed E-state index contributed by atoms with van der Waals surface area (Å²) in [6, 6.07) is 10.0. The SMILES string of the molecule is O=C(NC(CN1CCCC1)C(O)c1ccc(OC2CC2)c(Cl)c1)C(F)(F)CCc1ccc2c(c1)CCCC2. The zero-order valence-electron chi connectivity index (χ0n) is 21.7. The van der Waals surface area contributed by atoms with Gasteiger partial charge in [-0.2, -0.15) is 8.78 Å². The number of likely N-dealkylation sites (tertiary alicyclic amines) is 1. The fourth-order valence-corrected chi connectivity index (χ4v) is 5.73. The number of ether oxygens (including phenoxy) is 1. The van der Waals surface area contributed by atoms with Gasteiger partial charge in [0.1, 0.15) is 11.9 Å². The number of nitrogens with one attached hydrogen (secondary N) is 1. The number of hydrogen-bond acceptors (Lipinski definition) is 4. The Bertz CT molecular complexity index is 1130. The Kier molecular flexibility index (Phi) is 8.56. The Morgan fingerprint density at radius 2 is 1.82 bits per heavy atom. The predicted molar refractivity (Wildman–Crippen MR) is 144 cm³/mol. The molecule has 2 aromatic rings. The molecule has 0 radical (unpaired) electrons. The molecule has 1 amide bonds. The minimum atomic E-state index is -3.56. The second kappa shape index (κ2) is 11.9. The molecule has 2 fully saturated rings. The number of nitrogens with zero attached hydrogens (tertiary/aromatic N) is 1. The number of alkyl halides is 2. The smallest absolute Gasteiger partial charge is 0.324 e. The number of aryl methyl sites for hydroxylation is 3. The number of amides is 1. The maximum atomic E-state index is 15.1. The average Bonchev–Trinajstić information content (AvgIpc) is 3.59. The van der Waals surface area contributed by atoms with E-state index >= 15 is 8.78 Å². The van der Waals surface area contributed by atoms with E-state index in [9.17, 15) is 9.90 Å². The number of carbonyl (C=O) groups excluding carboxylic acids is 1. The first-order chi connectivity index (χ1) is 18.3. The van der Waals surface area contributed by atoms with Gasteiger partial charge in [-0.15, -0.1) is 0 Å². The number of aliphatic hydroxyl groups excluding tert-OH is 1. The molecule has 1 saturated carbocycles. The summed E-state index contributed by atoms with van der Waals surface area (Å²) >= 11 is 6.39. The van der Waals surface area contributed by atoms with Crippen molar-refractivity contribution in [2.24, 2.45) is 0 Å². The van der Waals surface area contributed by atoms with E-state index in [0.717, 1.165) is 63.6 Å². The third kappa shape index (κ3) is 6.85. The van der Waals surface area contributed by atoms with E-state index in [4.69, 9.17) is 16.3 Å². The largest absolute Gasteiger partial charge is 0.489 e. The molecule has 38 heavy (non-hydrogen) atoms. The lowest BCUT2D eigenvalue weighted by Gasteiger charge is -2.30. The first kappa shape index (κ1) is 27.4. The van der Waals surface area contributed by atoms with Gasteiger partial charge in [0.2, 0.25) is 0 Å². The van der Waals surface area contributed by atoms with Crippen molar-refractivity contribution in [1.29, 1.82) is 0 Å². The number of hydrogen-bond donors (Lipinski definition) is 2. The number of aliphatic hydroxyl groups is 1. The Labute approximate surface area is 228 Å². The molecule has 206 valence electrons. The van der Waals surface area contributed by atoms with Crippen LogP contribution in [0.3, 0.4) is 0 Å². The molecule has 0 bridgehead atoms. The highest BCUT2D eigenvalue weighted by Crippen LogP contribution is 2.34. The van der Waals surface area contributed by atoms with Gasteiger partial charge in [0.15, 0.2) is 0 Å². The summed E-state index contributed by atoms with van der Waals surface area (Å²) in [5.41, 5.74) is 3.83. The quantitative estimate of drug-likeness (QED) is 0.383. The monoisotopic (exact) mass is 546 g/mol. The van der Waals surface area contributed by atoms with Gasteiger partial charge in [-0.3, -0.25) is 4.79 Å². The van der Waals surface area contributed by atoms with E-state index in [1.54, 1.807) is 18.2 Å². The average molecular weight is 547 g/mol. The molecular weight excluding hydrogens is 510 g/mol. The maximum Gasteiger partial charge on any atom is 0.324 e. The summed E-state index contributed by atoms with van der Waals surface area (Å²) in [5.74, 6) is -4.36. The zero-order valence-corrected chi connectivity index (χ0v) is 22.5. The molecule has 3 aliphatic rings. The van der Waals surface area contributed by atoms with Crippen LogP contribution in [0, 0.1) is 0 Å². The van der Waals surface area contributed by atoms with Gasteiger partial charge in [-0.25, -0.2) is 0 Å². The van der Waals surface area contributed by atoms with Crippen LogP contribution in [0.1, 0.15) is 73.3 Å². The van der Waals surface area contributed by atoms with Gasteiger partial charge >= 0.3 is 5.92 Å². The minimum absolute atomic E-state index is 0.116. The van der Waals surface area contributed by atoms with Crippen LogP contribution in [0.4, 0.5) is 8.78 Å². The molecule has 2 unspecified atom stereocenters. The van der Waals surface area contributed by atoms with E-state index in [2.05, 4.69) is 10.2 Å². The molecule has 0 aromatic heterocycles. The highest BCUT2D eigenvalue weighted by atomic mass is 35.5. The minimum Gasteiger partial charge on any atom is -0.489 e. The molecular formula is C30H37ClF2N2O3. The lowest BCUT2D eigenvalue weighted by molar-refractivity contribution is -0.148. The van der Waals surface area contributed by atoms with Crippen molar-refractivity contribution >= 4 is 17.5 Å². The van der Waals surface area contributed by atoms with Crippen molar-refractivity contribution in [2.45, 2.75) is 88.4 Å². The standard InChI is InChI=1S/C30H37ClF2N2O3/c31-25-18-23(9-12-27(25)38-24-10-11-24)28(36)26(19-35-15-3-4-16-35)34-29(37)30(32,33)14-13-20-7-8-21-5-1-2-6-22(21)17-20/h7-9,12,17-18,24,26,28,36H,1-6,10-11,13-16,19H2,(H,34,37). The van der Waals surface area contributed by atoms with E-state index in [1.165, 1.54) is 17.5 Å². The Morgan fingerprint density at radius 3 is 2.53 bits per heavy atom. The molecule has 5 rings (SSSR count). The Hall–Kier alpha value is -2.22. The molecule has 1 heterocycles. The van der Waals surface area contributed by atoms with Gasteiger partial charge in [0.25, 0.3) is 5.91 Å². The Morgan fingerprint density at radius 1 is 1.08 bits per heavy atom. The number of benzene rings is 2. The first-order valence-electron chi connectivity index (χ1n) is 13.9. The molecule has 0 spiro atoms. The molecule has 2 N–H and O–H groups in total. The zero-order chi connectivity index (χ0) is 26.7. The third-order valence-electron chi connectivity index (χ3n) is 7.94. The topological polar surface area (TPSA) is 61.8 Å². The summed E-state index contributed by atoms with van der Waals surface area (Å²) < 4.78 is 35.9. The highest BCUT2D eigenvalue weighted by molar-refractivity contribution is 6.32. The lowest BCUT2D eigenvalue weighted by Crippen LogP contribution is -2.51. The van der Waals surface area contributed by atoms with Gasteiger partial charge in [-0.1, -0.05) is 35.9 Å². The fourth-order valence-electron chi connectivity index (χ4n) is 5.49. The van der Waals surface area contributed by atoms with Crippen LogP contribution in [0.25, 0.3) is 0 Å². The van der Waals surface area contributed by atoms with Crippen molar-refractivity contribution in [3.05, 3.63) is 63.7 Å². The summed E-state index contributed by atoms with van der Waals surface area (Å²) in [6.45, 7) is 1.90. The van der Waals surface area contributed by atoms with Gasteiger partial charge < -0.3 is 20.1 Å². The summed E-state index contributed by atoms with van der Waals surface area (Å²) in [5, 5.41) is 14.0. The Balaban J connectivity index is 1.25. The predicted octanol–water partition coefficient (Wildman–Crippen LogP) is 5.64. The van der Waals surface area contributed by atoms with Crippen LogP contribution in [-0.4, -0.2) is 53.6 Å². The van der Waals surface area contributed by atoms with Gasteiger partial charge in [0.05, 0.1) is 17.2 Å². The molecule has 1 aliphatic heterocycles. The van der Waals surface area contributed by atoms with Crippen molar-refractivity contribution in [2.75, 3.05) is 19.6 Å². The lowest BCUT2D eigenvalue weighted by atomic mass is 9.89. The van der Waals surface area contributed by atoms with Crippen molar-refractivity contribution in [3.63, 3.8) is 0 Å². The number of fused-ring (bicyclic) bond motifs is 1. The molecule has 5 nitrogen and oxygen atoms in total. The normalized spacial score (nSPS) is 19.6. The second-order valence-corrected chi connectivity index (χ2v) is 11.5. The van der Waals surface area contributed by atoms with Gasteiger partial charge in [-0.05, 0) is 105 Å². The molecule has 2 aliphatic carbocycles. The molecule has 2 aromatic carbocycles. The number of carbonyl (C=O) groups is 1. The molecule has 1 saturated heterocycles. The number of rotatable bonds is 11. The summed E-state index contributed by atoms with van der Waals surface area (Å²) in [6.07, 6.45) is 6.82. The second-order valence-electron chi connectivity index (χ2n) is 11.1.